The van der Waals surface area contributed by atoms with Crippen LogP contribution in [0.1, 0.15) is 84.0 Å². The van der Waals surface area contributed by atoms with E-state index in [1.807, 2.05) is 6.08 Å². The molecular formula is C21H37NO4. The lowest BCUT2D eigenvalue weighted by Crippen LogP contribution is -2.22. The van der Waals surface area contributed by atoms with Crippen LogP contribution >= 0.6 is 0 Å². The summed E-state index contributed by atoms with van der Waals surface area (Å²) in [5, 5.41) is 20.4. The summed E-state index contributed by atoms with van der Waals surface area (Å²) in [5.74, 6) is -0.884. The van der Waals surface area contributed by atoms with E-state index in [0.717, 1.165) is 25.7 Å². The molecule has 1 atom stereocenters. The number of aliphatic carboxylic acids is 1. The van der Waals surface area contributed by atoms with Gasteiger partial charge in [0.1, 0.15) is 0 Å². The summed E-state index contributed by atoms with van der Waals surface area (Å²) < 4.78 is 0. The highest BCUT2D eigenvalue weighted by atomic mass is 16.4. The van der Waals surface area contributed by atoms with Gasteiger partial charge >= 0.3 is 5.97 Å². The van der Waals surface area contributed by atoms with Crippen LogP contribution in [0, 0.1) is 0 Å². The Kier molecular flexibility index (Phi) is 17.0. The molecule has 3 N–H and O–H groups in total. The van der Waals surface area contributed by atoms with Crippen molar-refractivity contribution in [3.8, 4) is 0 Å². The van der Waals surface area contributed by atoms with Gasteiger partial charge in [-0.2, -0.15) is 0 Å². The minimum absolute atomic E-state index is 0.0935. The number of carbonyl (C=O) groups excluding carboxylic acids is 1. The van der Waals surface area contributed by atoms with Crippen LogP contribution in [0.2, 0.25) is 0 Å². The molecule has 0 aliphatic carbocycles. The molecule has 0 rings (SSSR count). The summed E-state index contributed by atoms with van der Waals surface area (Å²) in [4.78, 5) is 21.9. The van der Waals surface area contributed by atoms with Gasteiger partial charge in [-0.15, -0.1) is 0 Å². The Labute approximate surface area is 158 Å². The van der Waals surface area contributed by atoms with E-state index < -0.39 is 5.97 Å². The third kappa shape index (κ3) is 20.4. The lowest BCUT2D eigenvalue weighted by molar-refractivity contribution is -0.137. The number of aliphatic hydroxyl groups excluding tert-OH is 1. The van der Waals surface area contributed by atoms with Crippen LogP contribution in [-0.2, 0) is 9.59 Å². The second-order valence-corrected chi connectivity index (χ2v) is 6.80. The molecule has 0 aliphatic heterocycles. The quantitative estimate of drug-likeness (QED) is 0.202. The van der Waals surface area contributed by atoms with Crippen molar-refractivity contribution in [1.82, 2.24) is 5.32 Å². The van der Waals surface area contributed by atoms with Gasteiger partial charge in [0.2, 0.25) is 5.91 Å². The van der Waals surface area contributed by atoms with Crippen LogP contribution in [0.4, 0.5) is 0 Å². The zero-order valence-corrected chi connectivity index (χ0v) is 16.3. The fraction of sp³-hybridized carbons (Fsp3) is 0.714. The van der Waals surface area contributed by atoms with Crippen molar-refractivity contribution < 1.29 is 19.8 Å². The van der Waals surface area contributed by atoms with Gasteiger partial charge in [0.15, 0.2) is 0 Å². The number of carboxylic acids is 1. The highest BCUT2D eigenvalue weighted by molar-refractivity contribution is 5.87. The number of aliphatic hydroxyl groups is 1. The predicted molar refractivity (Wildman–Crippen MR) is 106 cm³/mol. The molecule has 0 aromatic heterocycles. The molecule has 0 heterocycles. The molecule has 0 aromatic carbocycles. The third-order valence-corrected chi connectivity index (χ3v) is 4.02. The van der Waals surface area contributed by atoms with Crippen LogP contribution in [-0.4, -0.2) is 34.7 Å². The lowest BCUT2D eigenvalue weighted by atomic mass is 10.1. The fourth-order valence-electron chi connectivity index (χ4n) is 2.50. The van der Waals surface area contributed by atoms with E-state index in [1.54, 1.807) is 13.0 Å². The number of unbranched alkanes of at least 4 members (excludes halogenated alkanes) is 8. The number of amides is 1. The van der Waals surface area contributed by atoms with Gasteiger partial charge in [-0.3, -0.25) is 9.59 Å². The van der Waals surface area contributed by atoms with Crippen molar-refractivity contribution in [2.75, 3.05) is 6.54 Å². The van der Waals surface area contributed by atoms with Crippen LogP contribution in [0.5, 0.6) is 0 Å². The van der Waals surface area contributed by atoms with Gasteiger partial charge in [0, 0.05) is 13.0 Å². The van der Waals surface area contributed by atoms with Crippen LogP contribution in [0.3, 0.4) is 0 Å². The maximum atomic E-state index is 11.5. The van der Waals surface area contributed by atoms with E-state index in [9.17, 15) is 9.59 Å². The highest BCUT2D eigenvalue weighted by Crippen LogP contribution is 2.09. The number of rotatable bonds is 17. The van der Waals surface area contributed by atoms with E-state index in [0.29, 0.717) is 19.4 Å². The Balaban J connectivity index is 3.33. The van der Waals surface area contributed by atoms with E-state index in [1.165, 1.54) is 32.1 Å². The normalized spacial score (nSPS) is 12.7. The smallest absolute Gasteiger partial charge is 0.303 e. The monoisotopic (exact) mass is 367 g/mol. The van der Waals surface area contributed by atoms with Crippen LogP contribution < -0.4 is 5.32 Å². The molecule has 0 spiro atoms. The van der Waals surface area contributed by atoms with Crippen molar-refractivity contribution >= 4 is 11.9 Å². The number of carboxylic acid groups (broad SMARTS) is 1. The zero-order chi connectivity index (χ0) is 19.5. The molecule has 26 heavy (non-hydrogen) atoms. The Hall–Kier alpha value is -1.62. The minimum atomic E-state index is -0.791. The molecule has 5 heteroatoms. The first-order valence-electron chi connectivity index (χ1n) is 10.0. The highest BCUT2D eigenvalue weighted by Gasteiger charge is 1.98. The Morgan fingerprint density at radius 2 is 1.50 bits per heavy atom. The molecule has 0 radical (unpaired) electrons. The molecular weight excluding hydrogens is 330 g/mol. The molecule has 0 fully saturated rings. The molecule has 0 bridgehead atoms. The van der Waals surface area contributed by atoms with Crippen LogP contribution in [0.15, 0.2) is 24.3 Å². The average molecular weight is 368 g/mol. The minimum Gasteiger partial charge on any atom is -0.481 e. The van der Waals surface area contributed by atoms with Gasteiger partial charge in [-0.25, -0.2) is 0 Å². The molecule has 0 aliphatic rings. The standard InChI is InChI=1S/C21H37NO4/c1-19(23)15-11-9-7-5-3-2-4-6-8-10-12-16-20(24)22-18-14-13-17-21(25)26/h9,11-12,16,19,23H,2-8,10,13-15,17-18H2,1H3,(H,22,24)(H,25,26)/b11-9+,16-12+/t19-/m1/s1. The number of allylic oxidation sites excluding steroid dienone is 2. The summed E-state index contributed by atoms with van der Waals surface area (Å²) in [5.41, 5.74) is 0. The summed E-state index contributed by atoms with van der Waals surface area (Å²) in [6, 6.07) is 0. The summed E-state index contributed by atoms with van der Waals surface area (Å²) in [7, 11) is 0. The largest absolute Gasteiger partial charge is 0.481 e. The first-order chi connectivity index (χ1) is 12.5. The van der Waals surface area contributed by atoms with Crippen molar-refractivity contribution in [2.24, 2.45) is 0 Å². The molecule has 0 saturated carbocycles. The molecule has 0 saturated heterocycles. The number of hydrogen-bond donors (Lipinski definition) is 3. The van der Waals surface area contributed by atoms with E-state index >= 15 is 0 Å². The number of nitrogens with one attached hydrogen (secondary N) is 1. The molecule has 1 amide bonds. The lowest BCUT2D eigenvalue weighted by Gasteiger charge is -2.01. The van der Waals surface area contributed by atoms with E-state index in [4.69, 9.17) is 10.2 Å². The molecule has 150 valence electrons. The zero-order valence-electron chi connectivity index (χ0n) is 16.3. The molecule has 5 nitrogen and oxygen atoms in total. The maximum absolute atomic E-state index is 11.5. The second-order valence-electron chi connectivity index (χ2n) is 6.80. The van der Waals surface area contributed by atoms with Gasteiger partial charge in [0.25, 0.3) is 0 Å². The van der Waals surface area contributed by atoms with Crippen LogP contribution in [0.25, 0.3) is 0 Å². The number of carbonyl (C=O) groups is 2. The van der Waals surface area contributed by atoms with Crippen molar-refractivity contribution in [3.05, 3.63) is 24.3 Å². The number of hydrogen-bond acceptors (Lipinski definition) is 3. The molecule has 0 aromatic rings. The van der Waals surface area contributed by atoms with E-state index in [2.05, 4.69) is 17.5 Å². The van der Waals surface area contributed by atoms with Crippen molar-refractivity contribution in [1.29, 1.82) is 0 Å². The SMILES string of the molecule is C[C@@H](O)C/C=C/CCCCCCCC/C=C/C(=O)NCCCCC(=O)O. The Morgan fingerprint density at radius 3 is 2.12 bits per heavy atom. The summed E-state index contributed by atoms with van der Waals surface area (Å²) >= 11 is 0. The first kappa shape index (κ1) is 24.4. The van der Waals surface area contributed by atoms with Gasteiger partial charge in [0.05, 0.1) is 6.10 Å². The van der Waals surface area contributed by atoms with Crippen molar-refractivity contribution in [3.63, 3.8) is 0 Å². The Bertz CT molecular complexity index is 416. The van der Waals surface area contributed by atoms with Gasteiger partial charge in [-0.05, 0) is 57.9 Å². The average Bonchev–Trinajstić information content (AvgIpc) is 2.58. The molecule has 0 unspecified atom stereocenters. The first-order valence-corrected chi connectivity index (χ1v) is 10.0. The predicted octanol–water partition coefficient (Wildman–Crippen LogP) is 4.36. The summed E-state index contributed by atoms with van der Waals surface area (Å²) in [6.45, 7) is 2.34. The fourth-order valence-corrected chi connectivity index (χ4v) is 2.50. The van der Waals surface area contributed by atoms with Gasteiger partial charge in [-0.1, -0.05) is 43.9 Å². The maximum Gasteiger partial charge on any atom is 0.303 e. The third-order valence-electron chi connectivity index (χ3n) is 4.02. The van der Waals surface area contributed by atoms with Gasteiger partial charge < -0.3 is 15.5 Å². The Morgan fingerprint density at radius 1 is 0.885 bits per heavy atom. The topological polar surface area (TPSA) is 86.6 Å². The van der Waals surface area contributed by atoms with Crippen molar-refractivity contribution in [2.45, 2.75) is 90.1 Å². The van der Waals surface area contributed by atoms with E-state index in [-0.39, 0.29) is 18.4 Å². The second kappa shape index (κ2) is 18.2. The summed E-state index contributed by atoms with van der Waals surface area (Å²) in [6.07, 6.45) is 18.9.